The molecule has 0 radical (unpaired) electrons. The maximum atomic E-state index is 4.41. The molecule has 2 aromatic heterocycles. The molecule has 2 aromatic carbocycles. The molecule has 2 heterocycles. The number of benzene rings is 2. The zero-order valence-corrected chi connectivity index (χ0v) is 17.3. The van der Waals surface area contributed by atoms with Gasteiger partial charge in [-0.2, -0.15) is 0 Å². The van der Waals surface area contributed by atoms with E-state index in [1.807, 2.05) is 23.1 Å². The van der Waals surface area contributed by atoms with Gasteiger partial charge in [-0.25, -0.2) is 4.68 Å². The van der Waals surface area contributed by atoms with Crippen LogP contribution in [0.15, 0.2) is 67.1 Å². The van der Waals surface area contributed by atoms with Crippen LogP contribution in [0.3, 0.4) is 0 Å². The fraction of sp³-hybridized carbons (Fsp3) is 0.240. The van der Waals surface area contributed by atoms with Crippen LogP contribution in [0, 0.1) is 0 Å². The molecule has 0 bridgehead atoms. The summed E-state index contributed by atoms with van der Waals surface area (Å²) in [6.45, 7) is 6.67. The van der Waals surface area contributed by atoms with Crippen molar-refractivity contribution in [2.45, 2.75) is 40.0 Å². The van der Waals surface area contributed by atoms with E-state index in [9.17, 15) is 0 Å². The fourth-order valence-corrected chi connectivity index (χ4v) is 3.98. The van der Waals surface area contributed by atoms with E-state index in [1.165, 1.54) is 16.7 Å². The average Bonchev–Trinajstić information content (AvgIpc) is 3.28. The normalized spacial score (nSPS) is 11.0. The van der Waals surface area contributed by atoms with Gasteiger partial charge < -0.3 is 0 Å². The summed E-state index contributed by atoms with van der Waals surface area (Å²) in [4.78, 5) is 4.21. The first kappa shape index (κ1) is 19.1. The molecule has 0 unspecified atom stereocenters. The Kier molecular flexibility index (Phi) is 5.52. The highest BCUT2D eigenvalue weighted by Gasteiger charge is 2.13. The second-order valence-electron chi connectivity index (χ2n) is 7.15. The molecule has 0 N–H and O–H groups in total. The summed E-state index contributed by atoms with van der Waals surface area (Å²) in [6.07, 6.45) is 8.62. The Labute approximate surface area is 172 Å². The lowest BCUT2D eigenvalue weighted by atomic mass is 9.94. The van der Waals surface area contributed by atoms with Crippen molar-refractivity contribution in [2.24, 2.45) is 0 Å². The maximum Gasteiger partial charge on any atom is 0.0944 e. The van der Waals surface area contributed by atoms with Crippen molar-refractivity contribution >= 4 is 0 Å². The van der Waals surface area contributed by atoms with E-state index < -0.39 is 0 Å². The third-order valence-corrected chi connectivity index (χ3v) is 5.50. The molecule has 4 nitrogen and oxygen atoms in total. The molecule has 0 aliphatic carbocycles. The zero-order valence-electron chi connectivity index (χ0n) is 17.3. The summed E-state index contributed by atoms with van der Waals surface area (Å²) < 4.78 is 1.96. The highest BCUT2D eigenvalue weighted by molar-refractivity contribution is 5.69. The van der Waals surface area contributed by atoms with Crippen molar-refractivity contribution in [1.82, 2.24) is 20.0 Å². The fourth-order valence-electron chi connectivity index (χ4n) is 3.98. The number of hydrogen-bond acceptors (Lipinski definition) is 3. The molecule has 0 aliphatic heterocycles. The van der Waals surface area contributed by atoms with Crippen LogP contribution < -0.4 is 0 Å². The van der Waals surface area contributed by atoms with E-state index in [2.05, 4.69) is 78.5 Å². The van der Waals surface area contributed by atoms with Crippen LogP contribution in [0.2, 0.25) is 0 Å². The Bertz CT molecular complexity index is 1070. The lowest BCUT2D eigenvalue weighted by Crippen LogP contribution is -2.05. The van der Waals surface area contributed by atoms with Gasteiger partial charge in [-0.3, -0.25) is 4.98 Å². The third kappa shape index (κ3) is 3.70. The van der Waals surface area contributed by atoms with Gasteiger partial charge in [0, 0.05) is 18.0 Å². The standard InChI is InChI=1S/C25H26N4/c1-4-18-14-23(15-19(5-2)24(18)6-3)29-25(17-27-28-29)21-11-9-20(10-12-21)22-8-7-13-26-16-22/h7-17H,4-6H2,1-3H3. The molecule has 0 aliphatic rings. The van der Waals surface area contributed by atoms with Gasteiger partial charge in [-0.05, 0) is 65.3 Å². The second kappa shape index (κ2) is 8.39. The summed E-state index contributed by atoms with van der Waals surface area (Å²) in [5, 5.41) is 8.62. The first-order valence-corrected chi connectivity index (χ1v) is 10.3. The van der Waals surface area contributed by atoms with Crippen molar-refractivity contribution in [3.05, 3.63) is 83.8 Å². The number of nitrogens with zero attached hydrogens (tertiary/aromatic N) is 4. The van der Waals surface area contributed by atoms with Gasteiger partial charge in [0.05, 0.1) is 17.6 Å². The van der Waals surface area contributed by atoms with E-state index in [4.69, 9.17) is 0 Å². The van der Waals surface area contributed by atoms with Gasteiger partial charge in [0.15, 0.2) is 0 Å². The molecule has 0 saturated carbocycles. The minimum absolute atomic E-state index is 0.996. The Hall–Kier alpha value is -3.27. The second-order valence-corrected chi connectivity index (χ2v) is 7.15. The molecule has 4 aromatic rings. The summed E-state index contributed by atoms with van der Waals surface area (Å²) in [5.74, 6) is 0. The van der Waals surface area contributed by atoms with Crippen LogP contribution in [-0.4, -0.2) is 20.0 Å². The molecule has 0 spiro atoms. The summed E-state index contributed by atoms with van der Waals surface area (Å²) in [7, 11) is 0. The monoisotopic (exact) mass is 382 g/mol. The predicted molar refractivity (Wildman–Crippen MR) is 118 cm³/mol. The van der Waals surface area contributed by atoms with E-state index in [-0.39, 0.29) is 0 Å². The summed E-state index contributed by atoms with van der Waals surface area (Å²) in [6, 6.07) is 17.1. The smallest absolute Gasteiger partial charge is 0.0944 e. The lowest BCUT2D eigenvalue weighted by Gasteiger charge is -2.15. The number of aromatic nitrogens is 4. The Morgan fingerprint density at radius 3 is 2.03 bits per heavy atom. The number of rotatable bonds is 6. The lowest BCUT2D eigenvalue weighted by molar-refractivity contribution is 0.802. The number of hydrogen-bond donors (Lipinski definition) is 0. The van der Waals surface area contributed by atoms with Gasteiger partial charge in [0.1, 0.15) is 0 Å². The topological polar surface area (TPSA) is 43.6 Å². The molecule has 0 saturated heterocycles. The van der Waals surface area contributed by atoms with Crippen LogP contribution >= 0.6 is 0 Å². The van der Waals surface area contributed by atoms with Crippen molar-refractivity contribution in [2.75, 3.05) is 0 Å². The van der Waals surface area contributed by atoms with Crippen molar-refractivity contribution in [3.8, 4) is 28.1 Å². The van der Waals surface area contributed by atoms with Crippen LogP contribution in [0.1, 0.15) is 37.5 Å². The molecule has 29 heavy (non-hydrogen) atoms. The number of aryl methyl sites for hydroxylation is 2. The van der Waals surface area contributed by atoms with Gasteiger partial charge in [0.25, 0.3) is 0 Å². The van der Waals surface area contributed by atoms with E-state index in [1.54, 1.807) is 6.20 Å². The third-order valence-electron chi connectivity index (χ3n) is 5.50. The summed E-state index contributed by atoms with van der Waals surface area (Å²) >= 11 is 0. The van der Waals surface area contributed by atoms with Crippen molar-refractivity contribution < 1.29 is 0 Å². The van der Waals surface area contributed by atoms with Crippen LogP contribution in [0.25, 0.3) is 28.1 Å². The SMILES string of the molecule is CCc1cc(-n2nncc2-c2ccc(-c3cccnc3)cc2)cc(CC)c1CC. The highest BCUT2D eigenvalue weighted by atomic mass is 15.4. The molecule has 4 rings (SSSR count). The molecule has 146 valence electrons. The summed E-state index contributed by atoms with van der Waals surface area (Å²) in [5.41, 5.74) is 9.71. The zero-order chi connectivity index (χ0) is 20.2. The molecule has 4 heteroatoms. The van der Waals surface area contributed by atoms with E-state index >= 15 is 0 Å². The first-order chi connectivity index (χ1) is 14.2. The predicted octanol–water partition coefficient (Wildman–Crippen LogP) is 5.68. The Balaban J connectivity index is 1.74. The molecular weight excluding hydrogens is 356 g/mol. The largest absolute Gasteiger partial charge is 0.264 e. The molecule has 0 atom stereocenters. The average molecular weight is 383 g/mol. The quantitative estimate of drug-likeness (QED) is 0.431. The maximum absolute atomic E-state index is 4.41. The first-order valence-electron chi connectivity index (χ1n) is 10.3. The molecule has 0 amide bonds. The Morgan fingerprint density at radius 2 is 1.45 bits per heavy atom. The van der Waals surface area contributed by atoms with Gasteiger partial charge in [0.2, 0.25) is 0 Å². The van der Waals surface area contributed by atoms with Crippen LogP contribution in [0.5, 0.6) is 0 Å². The van der Waals surface area contributed by atoms with Crippen LogP contribution in [-0.2, 0) is 19.3 Å². The van der Waals surface area contributed by atoms with Gasteiger partial charge >= 0.3 is 0 Å². The molecule has 0 fully saturated rings. The van der Waals surface area contributed by atoms with Gasteiger partial charge in [-0.15, -0.1) is 5.10 Å². The Morgan fingerprint density at radius 1 is 0.759 bits per heavy atom. The van der Waals surface area contributed by atoms with E-state index in [0.29, 0.717) is 0 Å². The minimum atomic E-state index is 0.996. The van der Waals surface area contributed by atoms with Crippen LogP contribution in [0.4, 0.5) is 0 Å². The molecular formula is C25H26N4. The minimum Gasteiger partial charge on any atom is -0.264 e. The van der Waals surface area contributed by atoms with Crippen molar-refractivity contribution in [3.63, 3.8) is 0 Å². The van der Waals surface area contributed by atoms with E-state index in [0.717, 1.165) is 47.3 Å². The number of pyridine rings is 1. The highest BCUT2D eigenvalue weighted by Crippen LogP contribution is 2.28. The van der Waals surface area contributed by atoms with Gasteiger partial charge in [-0.1, -0.05) is 56.3 Å². The van der Waals surface area contributed by atoms with Crippen molar-refractivity contribution in [1.29, 1.82) is 0 Å².